The Hall–Kier alpha value is -0.380. The van der Waals surface area contributed by atoms with Crippen molar-refractivity contribution in [1.29, 1.82) is 0 Å². The first-order chi connectivity index (χ1) is 9.24. The van der Waals surface area contributed by atoms with E-state index in [1.807, 2.05) is 0 Å². The summed E-state index contributed by atoms with van der Waals surface area (Å²) in [5.41, 5.74) is 2.77. The molecule has 2 rings (SSSR count). The van der Waals surface area contributed by atoms with Crippen molar-refractivity contribution >= 4 is 15.9 Å². The molecule has 1 saturated carbocycles. The number of nitrogens with zero attached hydrogens (tertiary/aromatic N) is 1. The predicted molar refractivity (Wildman–Crippen MR) is 85.2 cm³/mol. The first-order valence-electron chi connectivity index (χ1n) is 7.46. The van der Waals surface area contributed by atoms with Gasteiger partial charge in [0.1, 0.15) is 0 Å². The molecule has 1 aromatic carbocycles. The van der Waals surface area contributed by atoms with E-state index < -0.39 is 0 Å². The van der Waals surface area contributed by atoms with E-state index in [2.05, 4.69) is 58.2 Å². The zero-order valence-corrected chi connectivity index (χ0v) is 13.7. The van der Waals surface area contributed by atoms with Crippen molar-refractivity contribution in [2.75, 3.05) is 13.1 Å². The van der Waals surface area contributed by atoms with Gasteiger partial charge in [-0.15, -0.1) is 0 Å². The number of hydrogen-bond donors (Lipinski definition) is 1. The minimum atomic E-state index is 0.841. The molecule has 2 nitrogen and oxygen atoms in total. The molecule has 1 aliphatic carbocycles. The number of hydrogen-bond acceptors (Lipinski definition) is 2. The Bertz CT molecular complexity index is 402. The highest BCUT2D eigenvalue weighted by Gasteiger charge is 2.28. The second kappa shape index (κ2) is 7.41. The van der Waals surface area contributed by atoms with Crippen LogP contribution in [0.15, 0.2) is 22.7 Å². The van der Waals surface area contributed by atoms with Gasteiger partial charge in [-0.1, -0.05) is 41.9 Å². The Morgan fingerprint density at radius 3 is 2.68 bits per heavy atom. The van der Waals surface area contributed by atoms with Crippen molar-refractivity contribution < 1.29 is 0 Å². The van der Waals surface area contributed by atoms with Crippen LogP contribution < -0.4 is 5.32 Å². The van der Waals surface area contributed by atoms with E-state index in [4.69, 9.17) is 0 Å². The third-order valence-corrected chi connectivity index (χ3v) is 4.38. The topological polar surface area (TPSA) is 15.3 Å². The molecule has 1 aromatic rings. The van der Waals surface area contributed by atoms with Gasteiger partial charge in [-0.25, -0.2) is 0 Å². The summed E-state index contributed by atoms with van der Waals surface area (Å²) in [5.74, 6) is 0. The molecule has 0 heterocycles. The van der Waals surface area contributed by atoms with Crippen LogP contribution in [0.4, 0.5) is 0 Å². The van der Waals surface area contributed by atoms with Crippen LogP contribution in [0.5, 0.6) is 0 Å². The Morgan fingerprint density at radius 1 is 1.32 bits per heavy atom. The Balaban J connectivity index is 1.99. The number of halogens is 1. The quantitative estimate of drug-likeness (QED) is 0.779. The average Bonchev–Trinajstić information content (AvgIpc) is 3.22. The van der Waals surface area contributed by atoms with Crippen molar-refractivity contribution in [3.8, 4) is 0 Å². The van der Waals surface area contributed by atoms with Gasteiger partial charge >= 0.3 is 0 Å². The van der Waals surface area contributed by atoms with Gasteiger partial charge in [0.25, 0.3) is 0 Å². The SMILES string of the molecule is CCCN(Cc1ccc(CNCC)cc1Br)C1CC1. The van der Waals surface area contributed by atoms with Crippen molar-refractivity contribution in [3.05, 3.63) is 33.8 Å². The first-order valence-corrected chi connectivity index (χ1v) is 8.26. The lowest BCUT2D eigenvalue weighted by molar-refractivity contribution is 0.255. The molecule has 0 spiro atoms. The third kappa shape index (κ3) is 4.59. The summed E-state index contributed by atoms with van der Waals surface area (Å²) >= 11 is 3.73. The van der Waals surface area contributed by atoms with E-state index in [0.29, 0.717) is 0 Å². The Kier molecular flexibility index (Phi) is 5.86. The highest BCUT2D eigenvalue weighted by molar-refractivity contribution is 9.10. The summed E-state index contributed by atoms with van der Waals surface area (Å²) in [5, 5.41) is 3.37. The van der Waals surface area contributed by atoms with Crippen molar-refractivity contribution in [2.24, 2.45) is 0 Å². The lowest BCUT2D eigenvalue weighted by Crippen LogP contribution is -2.26. The number of rotatable bonds is 8. The van der Waals surface area contributed by atoms with Gasteiger partial charge in [-0.2, -0.15) is 0 Å². The molecule has 0 atom stereocenters. The molecule has 0 saturated heterocycles. The third-order valence-electron chi connectivity index (χ3n) is 3.64. The van der Waals surface area contributed by atoms with Crippen molar-refractivity contribution in [1.82, 2.24) is 10.2 Å². The molecule has 0 amide bonds. The van der Waals surface area contributed by atoms with Crippen molar-refractivity contribution in [3.63, 3.8) is 0 Å². The molecular formula is C16H25BrN2. The molecule has 0 aromatic heterocycles. The van der Waals surface area contributed by atoms with Crippen LogP contribution in [0.3, 0.4) is 0 Å². The van der Waals surface area contributed by atoms with Crippen LogP contribution >= 0.6 is 15.9 Å². The zero-order valence-electron chi connectivity index (χ0n) is 12.1. The molecule has 0 radical (unpaired) electrons. The second-order valence-electron chi connectivity index (χ2n) is 5.41. The molecule has 0 aliphatic heterocycles. The normalized spacial score (nSPS) is 15.2. The second-order valence-corrected chi connectivity index (χ2v) is 6.26. The molecular weight excluding hydrogens is 300 g/mol. The molecule has 19 heavy (non-hydrogen) atoms. The molecule has 3 heteroatoms. The van der Waals surface area contributed by atoms with Gasteiger partial charge in [0.05, 0.1) is 0 Å². The largest absolute Gasteiger partial charge is 0.313 e. The van der Waals surface area contributed by atoms with E-state index in [0.717, 1.165) is 25.7 Å². The van der Waals surface area contributed by atoms with Crippen LogP contribution in [0.2, 0.25) is 0 Å². The molecule has 1 aliphatic rings. The predicted octanol–water partition coefficient (Wildman–Crippen LogP) is 3.93. The summed E-state index contributed by atoms with van der Waals surface area (Å²) in [7, 11) is 0. The average molecular weight is 325 g/mol. The van der Waals surface area contributed by atoms with Crippen LogP contribution in [-0.4, -0.2) is 24.0 Å². The monoisotopic (exact) mass is 324 g/mol. The maximum absolute atomic E-state index is 3.73. The molecule has 0 unspecified atom stereocenters. The smallest absolute Gasteiger partial charge is 0.0247 e. The number of nitrogens with one attached hydrogen (secondary N) is 1. The summed E-state index contributed by atoms with van der Waals surface area (Å²) < 4.78 is 1.25. The highest BCUT2D eigenvalue weighted by atomic mass is 79.9. The van der Waals surface area contributed by atoms with E-state index in [9.17, 15) is 0 Å². The lowest BCUT2D eigenvalue weighted by atomic mass is 10.1. The van der Waals surface area contributed by atoms with Crippen LogP contribution in [-0.2, 0) is 13.1 Å². The Labute approximate surface area is 125 Å². The standard InChI is InChI=1S/C16H25BrN2/c1-3-9-19(15-7-8-15)12-14-6-5-13(10-16(14)17)11-18-4-2/h5-6,10,15,18H,3-4,7-9,11-12H2,1-2H3. The van der Waals surface area contributed by atoms with Gasteiger partial charge in [0.15, 0.2) is 0 Å². The number of benzene rings is 1. The van der Waals surface area contributed by atoms with Gasteiger partial charge in [-0.3, -0.25) is 4.90 Å². The first kappa shape index (κ1) is 15.0. The van der Waals surface area contributed by atoms with Gasteiger partial charge in [-0.05, 0) is 49.5 Å². The van der Waals surface area contributed by atoms with Gasteiger partial charge < -0.3 is 5.32 Å². The zero-order chi connectivity index (χ0) is 13.7. The van der Waals surface area contributed by atoms with E-state index in [1.165, 1.54) is 41.4 Å². The van der Waals surface area contributed by atoms with E-state index in [-0.39, 0.29) is 0 Å². The summed E-state index contributed by atoms with van der Waals surface area (Å²) in [4.78, 5) is 2.63. The summed E-state index contributed by atoms with van der Waals surface area (Å²) in [6, 6.07) is 7.63. The van der Waals surface area contributed by atoms with Crippen LogP contribution in [0.25, 0.3) is 0 Å². The van der Waals surface area contributed by atoms with E-state index >= 15 is 0 Å². The fraction of sp³-hybridized carbons (Fsp3) is 0.625. The molecule has 0 bridgehead atoms. The minimum Gasteiger partial charge on any atom is -0.313 e. The maximum atomic E-state index is 3.73. The maximum Gasteiger partial charge on any atom is 0.0247 e. The van der Waals surface area contributed by atoms with E-state index in [1.54, 1.807) is 0 Å². The molecule has 1 fully saturated rings. The highest BCUT2D eigenvalue weighted by Crippen LogP contribution is 2.30. The van der Waals surface area contributed by atoms with Gasteiger partial charge in [0.2, 0.25) is 0 Å². The van der Waals surface area contributed by atoms with Crippen molar-refractivity contribution in [2.45, 2.75) is 52.2 Å². The van der Waals surface area contributed by atoms with Crippen LogP contribution in [0.1, 0.15) is 44.2 Å². The summed E-state index contributed by atoms with van der Waals surface area (Å²) in [6.45, 7) is 8.68. The summed E-state index contributed by atoms with van der Waals surface area (Å²) in [6.07, 6.45) is 4.01. The molecule has 1 N–H and O–H groups in total. The molecule has 106 valence electrons. The minimum absolute atomic E-state index is 0.841. The van der Waals surface area contributed by atoms with Gasteiger partial charge in [0, 0.05) is 23.6 Å². The fourth-order valence-corrected chi connectivity index (χ4v) is 2.99. The fourth-order valence-electron chi connectivity index (χ4n) is 2.43. The Morgan fingerprint density at radius 2 is 2.11 bits per heavy atom. The van der Waals surface area contributed by atoms with Crippen LogP contribution in [0, 0.1) is 0 Å². The lowest BCUT2D eigenvalue weighted by Gasteiger charge is -2.22.